The standard InChI is InChI=1S/C10H20N2O2/c1-10(2,3)14-9(13)12-8-6-5-7-11-4/h5-6,11H,7-8H2,1-4H3,(H,12,13)/b6-5-. The van der Waals surface area contributed by atoms with Crippen LogP contribution in [-0.2, 0) is 4.74 Å². The van der Waals surface area contributed by atoms with Gasteiger partial charge in [-0.25, -0.2) is 4.79 Å². The highest BCUT2D eigenvalue weighted by Crippen LogP contribution is 2.05. The number of nitrogens with one attached hydrogen (secondary N) is 2. The average molecular weight is 200 g/mol. The van der Waals surface area contributed by atoms with Crippen molar-refractivity contribution < 1.29 is 9.53 Å². The maximum Gasteiger partial charge on any atom is 0.407 e. The minimum Gasteiger partial charge on any atom is -0.444 e. The van der Waals surface area contributed by atoms with Gasteiger partial charge in [-0.3, -0.25) is 0 Å². The Bertz CT molecular complexity index is 195. The number of likely N-dealkylation sites (N-methyl/N-ethyl adjacent to an activating group) is 1. The Hall–Kier alpha value is -1.03. The molecule has 0 unspecified atom stereocenters. The van der Waals surface area contributed by atoms with Gasteiger partial charge in [0.05, 0.1) is 0 Å². The summed E-state index contributed by atoms with van der Waals surface area (Å²) in [6, 6.07) is 0. The molecule has 0 aromatic rings. The number of rotatable bonds is 4. The van der Waals surface area contributed by atoms with Crippen LogP contribution in [0.3, 0.4) is 0 Å². The van der Waals surface area contributed by atoms with Gasteiger partial charge in [0.1, 0.15) is 5.60 Å². The quantitative estimate of drug-likeness (QED) is 0.672. The Kier molecular flexibility index (Phi) is 5.95. The first kappa shape index (κ1) is 13.0. The second-order valence-corrected chi connectivity index (χ2v) is 3.91. The molecule has 0 aliphatic rings. The first-order valence-corrected chi connectivity index (χ1v) is 4.72. The van der Waals surface area contributed by atoms with Crippen LogP contribution in [0.4, 0.5) is 4.79 Å². The van der Waals surface area contributed by atoms with Crippen molar-refractivity contribution >= 4 is 6.09 Å². The van der Waals surface area contributed by atoms with Crippen molar-refractivity contribution in [2.45, 2.75) is 26.4 Å². The molecule has 0 saturated carbocycles. The Morgan fingerprint density at radius 2 is 1.86 bits per heavy atom. The fourth-order valence-electron chi connectivity index (χ4n) is 0.741. The summed E-state index contributed by atoms with van der Waals surface area (Å²) in [6.45, 7) is 6.81. The van der Waals surface area contributed by atoms with E-state index in [1.54, 1.807) is 0 Å². The molecule has 0 heterocycles. The van der Waals surface area contributed by atoms with Gasteiger partial charge < -0.3 is 15.4 Å². The van der Waals surface area contributed by atoms with Gasteiger partial charge in [-0.15, -0.1) is 0 Å². The molecule has 4 nitrogen and oxygen atoms in total. The minimum atomic E-state index is -0.432. The normalized spacial score (nSPS) is 11.7. The van der Waals surface area contributed by atoms with Gasteiger partial charge >= 0.3 is 6.09 Å². The largest absolute Gasteiger partial charge is 0.444 e. The maximum atomic E-state index is 11.1. The number of ether oxygens (including phenoxy) is 1. The van der Waals surface area contributed by atoms with E-state index in [0.717, 1.165) is 6.54 Å². The van der Waals surface area contributed by atoms with E-state index in [-0.39, 0.29) is 6.09 Å². The zero-order chi connectivity index (χ0) is 11.0. The zero-order valence-corrected chi connectivity index (χ0v) is 9.39. The number of alkyl carbamates (subject to hydrolysis) is 1. The summed E-state index contributed by atoms with van der Waals surface area (Å²) in [7, 11) is 1.87. The van der Waals surface area contributed by atoms with E-state index in [2.05, 4.69) is 10.6 Å². The molecule has 14 heavy (non-hydrogen) atoms. The lowest BCUT2D eigenvalue weighted by Gasteiger charge is -2.19. The minimum absolute atomic E-state index is 0.383. The lowest BCUT2D eigenvalue weighted by atomic mass is 10.2. The summed E-state index contributed by atoms with van der Waals surface area (Å²) >= 11 is 0. The van der Waals surface area contributed by atoms with Crippen LogP contribution in [0, 0.1) is 0 Å². The van der Waals surface area contributed by atoms with Crippen molar-refractivity contribution in [1.82, 2.24) is 10.6 Å². The van der Waals surface area contributed by atoms with Crippen LogP contribution in [0.15, 0.2) is 12.2 Å². The second kappa shape index (κ2) is 6.43. The predicted octanol–water partition coefficient (Wildman–Crippen LogP) is 1.29. The summed E-state index contributed by atoms with van der Waals surface area (Å²) in [5.41, 5.74) is -0.432. The molecule has 0 aromatic carbocycles. The summed E-state index contributed by atoms with van der Waals surface area (Å²) in [4.78, 5) is 11.1. The Balaban J connectivity index is 3.55. The molecular weight excluding hydrogens is 180 g/mol. The molecule has 0 aromatic heterocycles. The lowest BCUT2D eigenvalue weighted by Crippen LogP contribution is -2.32. The smallest absolute Gasteiger partial charge is 0.407 e. The van der Waals surface area contributed by atoms with E-state index >= 15 is 0 Å². The zero-order valence-electron chi connectivity index (χ0n) is 9.39. The first-order valence-electron chi connectivity index (χ1n) is 4.72. The van der Waals surface area contributed by atoms with Crippen molar-refractivity contribution in [2.24, 2.45) is 0 Å². The Morgan fingerprint density at radius 1 is 1.29 bits per heavy atom. The highest BCUT2D eigenvalue weighted by atomic mass is 16.6. The van der Waals surface area contributed by atoms with E-state index in [1.807, 2.05) is 40.0 Å². The van der Waals surface area contributed by atoms with Gasteiger partial charge in [0.2, 0.25) is 0 Å². The summed E-state index contributed by atoms with van der Waals surface area (Å²) < 4.78 is 5.04. The maximum absolute atomic E-state index is 11.1. The van der Waals surface area contributed by atoms with Gasteiger partial charge in [0.15, 0.2) is 0 Å². The topological polar surface area (TPSA) is 50.4 Å². The number of amides is 1. The monoisotopic (exact) mass is 200 g/mol. The van der Waals surface area contributed by atoms with E-state index < -0.39 is 5.60 Å². The van der Waals surface area contributed by atoms with Gasteiger partial charge in [-0.2, -0.15) is 0 Å². The molecule has 0 saturated heterocycles. The molecule has 0 aliphatic carbocycles. The van der Waals surface area contributed by atoms with Gasteiger partial charge in [0, 0.05) is 13.1 Å². The molecule has 1 amide bonds. The van der Waals surface area contributed by atoms with Crippen LogP contribution in [0.25, 0.3) is 0 Å². The van der Waals surface area contributed by atoms with E-state index in [4.69, 9.17) is 4.74 Å². The SMILES string of the molecule is CNC/C=C\CNC(=O)OC(C)(C)C. The van der Waals surface area contributed by atoms with Gasteiger partial charge in [0.25, 0.3) is 0 Å². The van der Waals surface area contributed by atoms with Crippen LogP contribution in [0.1, 0.15) is 20.8 Å². The first-order chi connectivity index (χ1) is 6.45. The van der Waals surface area contributed by atoms with Crippen LogP contribution >= 0.6 is 0 Å². The molecule has 82 valence electrons. The molecule has 0 spiro atoms. The fraction of sp³-hybridized carbons (Fsp3) is 0.700. The third-order valence-corrected chi connectivity index (χ3v) is 1.25. The number of hydrogen-bond donors (Lipinski definition) is 2. The van der Waals surface area contributed by atoms with Gasteiger partial charge in [-0.05, 0) is 27.8 Å². The molecule has 0 radical (unpaired) electrons. The number of carbonyl (C=O) groups excluding carboxylic acids is 1. The summed E-state index contributed by atoms with van der Waals surface area (Å²) in [5, 5.41) is 5.59. The van der Waals surface area contributed by atoms with Crippen LogP contribution < -0.4 is 10.6 Å². The predicted molar refractivity (Wildman–Crippen MR) is 57.3 cm³/mol. The molecule has 0 fully saturated rings. The third-order valence-electron chi connectivity index (χ3n) is 1.25. The number of carbonyl (C=O) groups is 1. The second-order valence-electron chi connectivity index (χ2n) is 3.91. The van der Waals surface area contributed by atoms with Crippen LogP contribution in [-0.4, -0.2) is 31.8 Å². The summed E-state index contributed by atoms with van der Waals surface area (Å²) in [5.74, 6) is 0. The fourth-order valence-corrected chi connectivity index (χ4v) is 0.741. The molecule has 0 atom stereocenters. The van der Waals surface area contributed by atoms with Gasteiger partial charge in [-0.1, -0.05) is 12.2 Å². The third kappa shape index (κ3) is 9.06. The van der Waals surface area contributed by atoms with Crippen molar-refractivity contribution in [3.8, 4) is 0 Å². The number of hydrogen-bond acceptors (Lipinski definition) is 3. The van der Waals surface area contributed by atoms with E-state index in [9.17, 15) is 4.79 Å². The van der Waals surface area contributed by atoms with Crippen molar-refractivity contribution in [2.75, 3.05) is 20.1 Å². The lowest BCUT2D eigenvalue weighted by molar-refractivity contribution is 0.0534. The molecule has 0 bridgehead atoms. The van der Waals surface area contributed by atoms with Crippen LogP contribution in [0.2, 0.25) is 0 Å². The van der Waals surface area contributed by atoms with Crippen molar-refractivity contribution in [3.05, 3.63) is 12.2 Å². The van der Waals surface area contributed by atoms with Crippen LogP contribution in [0.5, 0.6) is 0 Å². The molecule has 0 rings (SSSR count). The molecular formula is C10H20N2O2. The van der Waals surface area contributed by atoms with E-state index in [0.29, 0.717) is 6.54 Å². The highest BCUT2D eigenvalue weighted by molar-refractivity contribution is 5.67. The molecule has 2 N–H and O–H groups in total. The molecule has 4 heteroatoms. The molecule has 0 aliphatic heterocycles. The Labute approximate surface area is 85.7 Å². The van der Waals surface area contributed by atoms with E-state index in [1.165, 1.54) is 0 Å². The average Bonchev–Trinajstić information content (AvgIpc) is 2.00. The highest BCUT2D eigenvalue weighted by Gasteiger charge is 2.14. The Morgan fingerprint density at radius 3 is 2.36 bits per heavy atom. The van der Waals surface area contributed by atoms with Crippen molar-refractivity contribution in [3.63, 3.8) is 0 Å². The van der Waals surface area contributed by atoms with Crippen molar-refractivity contribution in [1.29, 1.82) is 0 Å². The summed E-state index contributed by atoms with van der Waals surface area (Å²) in [6.07, 6.45) is 3.43.